The topological polar surface area (TPSA) is 93.5 Å². The zero-order chi connectivity index (χ0) is 22.6. The van der Waals surface area contributed by atoms with E-state index in [1.165, 1.54) is 31.9 Å². The summed E-state index contributed by atoms with van der Waals surface area (Å²) < 4.78 is 33.4. The highest BCUT2D eigenvalue weighted by molar-refractivity contribution is 7.99. The number of imidazole rings is 1. The molecule has 0 bridgehead atoms. The lowest BCUT2D eigenvalue weighted by atomic mass is 10.2. The second-order valence-electron chi connectivity index (χ2n) is 7.13. The van der Waals surface area contributed by atoms with Gasteiger partial charge in [-0.25, -0.2) is 17.7 Å². The van der Waals surface area contributed by atoms with E-state index in [2.05, 4.69) is 10.3 Å². The minimum Gasteiger partial charge on any atom is -0.383 e. The number of fused-ring (bicyclic) bond motifs is 1. The Hall–Kier alpha value is -2.40. The average molecular weight is 463 g/mol. The van der Waals surface area contributed by atoms with E-state index in [-0.39, 0.29) is 16.6 Å². The number of carbonyl (C=O) groups is 1. The summed E-state index contributed by atoms with van der Waals surface area (Å²) in [5, 5.41) is 3.51. The average Bonchev–Trinajstić information content (AvgIpc) is 3.09. The van der Waals surface area contributed by atoms with E-state index < -0.39 is 10.0 Å². The first-order valence-electron chi connectivity index (χ1n) is 9.64. The molecule has 0 aliphatic heterocycles. The summed E-state index contributed by atoms with van der Waals surface area (Å²) in [5.41, 5.74) is 2.90. The van der Waals surface area contributed by atoms with Crippen LogP contribution >= 0.6 is 11.8 Å². The number of rotatable bonds is 9. The molecular weight excluding hydrogens is 436 g/mol. The minimum absolute atomic E-state index is 0.139. The van der Waals surface area contributed by atoms with Crippen LogP contribution in [0.1, 0.15) is 5.56 Å². The molecule has 0 radical (unpaired) electrons. The zero-order valence-corrected chi connectivity index (χ0v) is 19.6. The Morgan fingerprint density at radius 2 is 1.97 bits per heavy atom. The van der Waals surface area contributed by atoms with E-state index in [1.807, 2.05) is 28.8 Å². The second-order valence-corrected chi connectivity index (χ2v) is 10.2. The van der Waals surface area contributed by atoms with Gasteiger partial charge >= 0.3 is 0 Å². The van der Waals surface area contributed by atoms with Crippen molar-refractivity contribution in [3.05, 3.63) is 48.0 Å². The second kappa shape index (κ2) is 9.82. The van der Waals surface area contributed by atoms with Crippen LogP contribution in [-0.2, 0) is 26.1 Å². The molecule has 1 N–H and O–H groups in total. The van der Waals surface area contributed by atoms with Gasteiger partial charge in [-0.15, -0.1) is 0 Å². The number of nitrogens with zero attached hydrogens (tertiary/aromatic N) is 3. The standard InChI is InChI=1S/C21H26N4O4S2/c1-15-9-10-16(13-19(15)31(27,28)24(2)3)22-20(26)14-30-21-23-17-7-5-6-8-18(17)25(21)11-12-29-4/h5-10,13H,11-12,14H2,1-4H3,(H,22,26). The summed E-state index contributed by atoms with van der Waals surface area (Å²) in [4.78, 5) is 17.4. The smallest absolute Gasteiger partial charge is 0.242 e. The van der Waals surface area contributed by atoms with Crippen LogP contribution in [0.15, 0.2) is 52.5 Å². The molecule has 166 valence electrons. The monoisotopic (exact) mass is 462 g/mol. The number of para-hydroxylation sites is 2. The molecule has 0 aliphatic rings. The van der Waals surface area contributed by atoms with Crippen molar-refractivity contribution in [2.45, 2.75) is 23.5 Å². The fourth-order valence-corrected chi connectivity index (χ4v) is 5.03. The van der Waals surface area contributed by atoms with E-state index in [4.69, 9.17) is 4.74 Å². The van der Waals surface area contributed by atoms with Crippen molar-refractivity contribution < 1.29 is 17.9 Å². The van der Waals surface area contributed by atoms with E-state index in [0.717, 1.165) is 20.5 Å². The number of aryl methyl sites for hydroxylation is 1. The molecule has 0 unspecified atom stereocenters. The summed E-state index contributed by atoms with van der Waals surface area (Å²) in [7, 11) is 1.00. The van der Waals surface area contributed by atoms with E-state index in [9.17, 15) is 13.2 Å². The van der Waals surface area contributed by atoms with Gasteiger partial charge in [-0.2, -0.15) is 0 Å². The third kappa shape index (κ3) is 5.27. The van der Waals surface area contributed by atoms with Crippen molar-refractivity contribution in [3.8, 4) is 0 Å². The molecular formula is C21H26N4O4S2. The van der Waals surface area contributed by atoms with E-state index >= 15 is 0 Å². The molecule has 3 aromatic rings. The SMILES string of the molecule is COCCn1c(SCC(=O)Nc2ccc(C)c(S(=O)(=O)N(C)C)c2)nc2ccccc21. The van der Waals surface area contributed by atoms with Crippen molar-refractivity contribution >= 4 is 44.4 Å². The van der Waals surface area contributed by atoms with Crippen LogP contribution < -0.4 is 5.32 Å². The fraction of sp³-hybridized carbons (Fsp3) is 0.333. The number of aromatic nitrogens is 2. The first-order chi connectivity index (χ1) is 14.7. The number of benzene rings is 2. The first kappa shape index (κ1) is 23.3. The number of ether oxygens (including phenoxy) is 1. The van der Waals surface area contributed by atoms with Gasteiger partial charge in [-0.05, 0) is 36.8 Å². The van der Waals surface area contributed by atoms with Gasteiger partial charge in [0.15, 0.2) is 5.16 Å². The van der Waals surface area contributed by atoms with Gasteiger partial charge < -0.3 is 14.6 Å². The van der Waals surface area contributed by atoms with E-state index in [0.29, 0.717) is 24.4 Å². The number of hydrogen-bond donors (Lipinski definition) is 1. The van der Waals surface area contributed by atoms with E-state index in [1.54, 1.807) is 26.2 Å². The maximum absolute atomic E-state index is 12.6. The molecule has 0 aliphatic carbocycles. The molecule has 0 saturated carbocycles. The highest BCUT2D eigenvalue weighted by atomic mass is 32.2. The minimum atomic E-state index is -3.60. The van der Waals surface area contributed by atoms with Gasteiger partial charge in [0.05, 0.1) is 28.3 Å². The Bertz CT molecular complexity index is 1190. The number of hydrogen-bond acceptors (Lipinski definition) is 6. The Balaban J connectivity index is 1.74. The summed E-state index contributed by atoms with van der Waals surface area (Å²) in [6.07, 6.45) is 0. The Kier molecular flexibility index (Phi) is 7.37. The maximum atomic E-state index is 12.6. The molecule has 8 nitrogen and oxygen atoms in total. The number of anilines is 1. The number of methoxy groups -OCH3 is 1. The molecule has 0 saturated heterocycles. The quantitative estimate of drug-likeness (QED) is 0.492. The lowest BCUT2D eigenvalue weighted by Crippen LogP contribution is -2.23. The molecule has 10 heteroatoms. The molecule has 0 spiro atoms. The summed E-state index contributed by atoms with van der Waals surface area (Å²) in [5.74, 6) is -0.104. The van der Waals surface area contributed by atoms with Gasteiger partial charge in [0.2, 0.25) is 15.9 Å². The van der Waals surface area contributed by atoms with Crippen molar-refractivity contribution in [1.29, 1.82) is 0 Å². The zero-order valence-electron chi connectivity index (χ0n) is 18.0. The highest BCUT2D eigenvalue weighted by Gasteiger charge is 2.20. The molecule has 0 atom stereocenters. The van der Waals surface area contributed by atoms with Crippen molar-refractivity contribution in [2.24, 2.45) is 0 Å². The molecule has 0 fully saturated rings. The third-order valence-corrected chi connectivity index (χ3v) is 7.63. The highest BCUT2D eigenvalue weighted by Crippen LogP contribution is 2.25. The van der Waals surface area contributed by atoms with Crippen LogP contribution in [0.25, 0.3) is 11.0 Å². The largest absolute Gasteiger partial charge is 0.383 e. The number of thioether (sulfide) groups is 1. The van der Waals surface area contributed by atoms with Gasteiger partial charge in [0, 0.05) is 33.4 Å². The lowest BCUT2D eigenvalue weighted by Gasteiger charge is -2.15. The first-order valence-corrected chi connectivity index (χ1v) is 12.1. The molecule has 1 heterocycles. The normalized spacial score (nSPS) is 11.9. The summed E-state index contributed by atoms with van der Waals surface area (Å²) in [6.45, 7) is 2.89. The predicted molar refractivity (Wildman–Crippen MR) is 123 cm³/mol. The Morgan fingerprint density at radius 1 is 1.23 bits per heavy atom. The van der Waals surface area contributed by atoms with Gasteiger partial charge in [0.1, 0.15) is 0 Å². The summed E-state index contributed by atoms with van der Waals surface area (Å²) in [6, 6.07) is 12.7. The van der Waals surface area contributed by atoms with Crippen molar-refractivity contribution in [3.63, 3.8) is 0 Å². The van der Waals surface area contributed by atoms with Crippen LogP contribution in [0.2, 0.25) is 0 Å². The van der Waals surface area contributed by atoms with Crippen molar-refractivity contribution in [1.82, 2.24) is 13.9 Å². The van der Waals surface area contributed by atoms with Crippen LogP contribution in [0.3, 0.4) is 0 Å². The number of carbonyl (C=O) groups excluding carboxylic acids is 1. The van der Waals surface area contributed by atoms with Gasteiger partial charge in [-0.3, -0.25) is 4.79 Å². The van der Waals surface area contributed by atoms with Gasteiger partial charge in [-0.1, -0.05) is 30.0 Å². The summed E-state index contributed by atoms with van der Waals surface area (Å²) >= 11 is 1.33. The molecule has 1 aromatic heterocycles. The van der Waals surface area contributed by atoms with Crippen LogP contribution in [0, 0.1) is 6.92 Å². The molecule has 1 amide bonds. The number of amides is 1. The number of sulfonamides is 1. The van der Waals surface area contributed by atoms with Crippen molar-refractivity contribution in [2.75, 3.05) is 38.9 Å². The van der Waals surface area contributed by atoms with Gasteiger partial charge in [0.25, 0.3) is 0 Å². The molecule has 2 aromatic carbocycles. The third-order valence-electron chi connectivity index (χ3n) is 4.70. The molecule has 31 heavy (non-hydrogen) atoms. The van der Waals surface area contributed by atoms with Crippen LogP contribution in [0.4, 0.5) is 5.69 Å². The Labute approximate surface area is 186 Å². The fourth-order valence-electron chi connectivity index (χ4n) is 3.04. The maximum Gasteiger partial charge on any atom is 0.242 e. The molecule has 3 rings (SSSR count). The predicted octanol–water partition coefficient (Wildman–Crippen LogP) is 2.97. The van der Waals surface area contributed by atoms with Crippen LogP contribution in [-0.4, -0.2) is 61.7 Å². The number of nitrogens with one attached hydrogen (secondary N) is 1. The van der Waals surface area contributed by atoms with Crippen LogP contribution in [0.5, 0.6) is 0 Å². The Morgan fingerprint density at radius 3 is 2.68 bits per heavy atom. The lowest BCUT2D eigenvalue weighted by molar-refractivity contribution is -0.113.